The summed E-state index contributed by atoms with van der Waals surface area (Å²) in [7, 11) is 0. The highest BCUT2D eigenvalue weighted by molar-refractivity contribution is 5.94. The molecule has 0 heterocycles. The van der Waals surface area contributed by atoms with Crippen molar-refractivity contribution in [1.29, 1.82) is 0 Å². The van der Waals surface area contributed by atoms with Crippen molar-refractivity contribution in [2.45, 2.75) is 84.0 Å². The van der Waals surface area contributed by atoms with Crippen LogP contribution >= 0.6 is 0 Å². The molecule has 1 aromatic rings. The summed E-state index contributed by atoms with van der Waals surface area (Å²) in [4.78, 5) is 55.1. The number of carboxylic acids is 1. The number of hydrogen-bond donors (Lipinski definition) is 7. The molecule has 3 amide bonds. The maximum atomic E-state index is 13.4. The van der Waals surface area contributed by atoms with Gasteiger partial charge >= 0.3 is 5.97 Å². The second-order valence-electron chi connectivity index (χ2n) is 10.2. The van der Waals surface area contributed by atoms with Crippen LogP contribution in [0.4, 0.5) is 0 Å². The maximum Gasteiger partial charge on any atom is 0.326 e. The van der Waals surface area contributed by atoms with Crippen LogP contribution in [0.2, 0.25) is 0 Å². The van der Waals surface area contributed by atoms with Crippen LogP contribution in [0, 0.1) is 11.8 Å². The summed E-state index contributed by atoms with van der Waals surface area (Å²) in [5.74, 6) is -3.12. The van der Waals surface area contributed by atoms with Crippen LogP contribution in [0.25, 0.3) is 0 Å². The number of benzene rings is 1. The van der Waals surface area contributed by atoms with Gasteiger partial charge in [0, 0.05) is 13.0 Å². The highest BCUT2D eigenvalue weighted by Crippen LogP contribution is 2.12. The Bertz CT molecular complexity index is 967. The average molecular weight is 548 g/mol. The number of guanidine groups is 1. The lowest BCUT2D eigenvalue weighted by Crippen LogP contribution is -2.59. The zero-order chi connectivity index (χ0) is 29.5. The number of carbonyl (C=O) groups excluding carboxylic acids is 3. The largest absolute Gasteiger partial charge is 0.480 e. The van der Waals surface area contributed by atoms with Gasteiger partial charge in [0.25, 0.3) is 0 Å². The number of carboxylic acid groups (broad SMARTS) is 1. The Labute approximate surface area is 230 Å². The van der Waals surface area contributed by atoms with Gasteiger partial charge in [-0.05, 0) is 36.7 Å². The molecule has 0 aliphatic carbocycles. The van der Waals surface area contributed by atoms with Crippen molar-refractivity contribution in [1.82, 2.24) is 16.0 Å². The van der Waals surface area contributed by atoms with Gasteiger partial charge in [0.2, 0.25) is 17.7 Å². The zero-order valence-electron chi connectivity index (χ0n) is 23.4. The van der Waals surface area contributed by atoms with E-state index in [-0.39, 0.29) is 30.6 Å². The first-order chi connectivity index (χ1) is 18.3. The van der Waals surface area contributed by atoms with Crippen molar-refractivity contribution in [2.24, 2.45) is 34.0 Å². The number of aliphatic carboxylic acids is 1. The lowest BCUT2D eigenvalue weighted by atomic mass is 9.96. The standard InChI is InChI=1S/C27H45N7O5/c1-5-17(4)22(34-23(35)19(28)12-9-13-31-27(29)30)25(37)32-20(15-18-10-7-6-8-11-18)24(36)33-21(26(38)39)14-16(2)3/h6-8,10-11,16-17,19-22H,5,9,12-15,28H2,1-4H3,(H,32,37)(H,33,36)(H,34,35)(H,38,39)(H4,29,30,31). The minimum absolute atomic E-state index is 0.0298. The number of hydrogen-bond acceptors (Lipinski definition) is 6. The van der Waals surface area contributed by atoms with Crippen LogP contribution in [0.15, 0.2) is 35.3 Å². The van der Waals surface area contributed by atoms with Crippen LogP contribution in [-0.2, 0) is 25.6 Å². The summed E-state index contributed by atoms with van der Waals surface area (Å²) in [6, 6.07) is 5.06. The smallest absolute Gasteiger partial charge is 0.326 e. The summed E-state index contributed by atoms with van der Waals surface area (Å²) < 4.78 is 0. The van der Waals surface area contributed by atoms with Crippen molar-refractivity contribution in [3.05, 3.63) is 35.9 Å². The van der Waals surface area contributed by atoms with Crippen LogP contribution in [-0.4, -0.2) is 65.5 Å². The third kappa shape index (κ3) is 12.6. The zero-order valence-corrected chi connectivity index (χ0v) is 23.4. The molecule has 1 rings (SSSR count). The third-order valence-electron chi connectivity index (χ3n) is 6.33. The quantitative estimate of drug-likeness (QED) is 0.0812. The monoisotopic (exact) mass is 547 g/mol. The van der Waals surface area contributed by atoms with E-state index in [9.17, 15) is 24.3 Å². The average Bonchev–Trinajstić information content (AvgIpc) is 2.88. The molecule has 0 saturated heterocycles. The number of aliphatic imine (C=N–C) groups is 1. The maximum absolute atomic E-state index is 13.4. The Morgan fingerprint density at radius 2 is 1.54 bits per heavy atom. The summed E-state index contributed by atoms with van der Waals surface area (Å²) >= 11 is 0. The van der Waals surface area contributed by atoms with E-state index in [1.54, 1.807) is 0 Å². The van der Waals surface area contributed by atoms with E-state index >= 15 is 0 Å². The minimum atomic E-state index is -1.15. The molecule has 5 atom stereocenters. The molecule has 5 unspecified atom stereocenters. The number of amides is 3. The fourth-order valence-electron chi connectivity index (χ4n) is 3.90. The van der Waals surface area contributed by atoms with Crippen LogP contribution in [0.5, 0.6) is 0 Å². The van der Waals surface area contributed by atoms with Crippen molar-refractivity contribution >= 4 is 29.7 Å². The fourth-order valence-corrected chi connectivity index (χ4v) is 3.90. The predicted octanol–water partition coefficient (Wildman–Crippen LogP) is 0.241. The van der Waals surface area contributed by atoms with E-state index in [4.69, 9.17) is 17.2 Å². The van der Waals surface area contributed by atoms with E-state index in [0.29, 0.717) is 25.8 Å². The van der Waals surface area contributed by atoms with Gasteiger partial charge in [-0.15, -0.1) is 0 Å². The van der Waals surface area contributed by atoms with Gasteiger partial charge in [0.15, 0.2) is 5.96 Å². The van der Waals surface area contributed by atoms with Gasteiger partial charge in [0.1, 0.15) is 18.1 Å². The van der Waals surface area contributed by atoms with E-state index in [1.165, 1.54) is 0 Å². The Kier molecular flexibility index (Phi) is 14.6. The molecule has 0 bridgehead atoms. The van der Waals surface area contributed by atoms with E-state index in [1.807, 2.05) is 58.0 Å². The van der Waals surface area contributed by atoms with Gasteiger partial charge in [-0.1, -0.05) is 64.4 Å². The number of rotatable bonds is 17. The molecule has 12 heteroatoms. The molecule has 0 aromatic heterocycles. The second-order valence-corrected chi connectivity index (χ2v) is 10.2. The molecule has 0 aliphatic rings. The molecule has 0 aliphatic heterocycles. The third-order valence-corrected chi connectivity index (χ3v) is 6.33. The molecule has 0 fully saturated rings. The van der Waals surface area contributed by atoms with Crippen LogP contribution in [0.1, 0.15) is 58.9 Å². The van der Waals surface area contributed by atoms with Crippen molar-refractivity contribution in [2.75, 3.05) is 6.54 Å². The van der Waals surface area contributed by atoms with E-state index < -0.39 is 47.9 Å². The number of nitrogens with one attached hydrogen (secondary N) is 3. The van der Waals surface area contributed by atoms with Gasteiger partial charge in [0.05, 0.1) is 6.04 Å². The SMILES string of the molecule is CCC(C)C(NC(=O)C(N)CCCN=C(N)N)C(=O)NC(Cc1ccccc1)C(=O)NC(CC(C)C)C(=O)O. The number of nitrogens with two attached hydrogens (primary N) is 3. The molecule has 0 spiro atoms. The predicted molar refractivity (Wildman–Crippen MR) is 150 cm³/mol. The molecule has 0 saturated carbocycles. The highest BCUT2D eigenvalue weighted by atomic mass is 16.4. The Morgan fingerprint density at radius 3 is 2.08 bits per heavy atom. The number of carbonyl (C=O) groups is 4. The van der Waals surface area contributed by atoms with Crippen LogP contribution < -0.4 is 33.2 Å². The van der Waals surface area contributed by atoms with E-state index in [0.717, 1.165) is 5.56 Å². The van der Waals surface area contributed by atoms with E-state index in [2.05, 4.69) is 20.9 Å². The normalized spacial score (nSPS) is 14.8. The summed E-state index contributed by atoms with van der Waals surface area (Å²) in [5.41, 5.74) is 17.4. The molecule has 12 nitrogen and oxygen atoms in total. The molecular weight excluding hydrogens is 502 g/mol. The van der Waals surface area contributed by atoms with Gasteiger partial charge in [-0.3, -0.25) is 19.4 Å². The Hall–Kier alpha value is -3.67. The first kappa shape index (κ1) is 33.4. The molecule has 10 N–H and O–H groups in total. The Balaban J connectivity index is 3.06. The molecular formula is C27H45N7O5. The first-order valence-corrected chi connectivity index (χ1v) is 13.3. The molecule has 1 aromatic carbocycles. The molecule has 39 heavy (non-hydrogen) atoms. The lowest BCUT2D eigenvalue weighted by Gasteiger charge is -2.28. The summed E-state index contributed by atoms with van der Waals surface area (Å²) in [6.07, 6.45) is 1.73. The molecule has 0 radical (unpaired) electrons. The number of nitrogens with zero attached hydrogens (tertiary/aromatic N) is 1. The van der Waals surface area contributed by atoms with Gasteiger partial charge in [-0.25, -0.2) is 4.79 Å². The van der Waals surface area contributed by atoms with Crippen molar-refractivity contribution in [3.8, 4) is 0 Å². The highest BCUT2D eigenvalue weighted by Gasteiger charge is 2.32. The van der Waals surface area contributed by atoms with Gasteiger partial charge in [-0.2, -0.15) is 0 Å². The van der Waals surface area contributed by atoms with Gasteiger partial charge < -0.3 is 38.3 Å². The summed E-state index contributed by atoms with van der Waals surface area (Å²) in [5, 5.41) is 17.6. The topological polar surface area (TPSA) is 215 Å². The second kappa shape index (κ2) is 17.0. The summed E-state index contributed by atoms with van der Waals surface area (Å²) in [6.45, 7) is 7.73. The Morgan fingerprint density at radius 1 is 0.923 bits per heavy atom. The lowest BCUT2D eigenvalue weighted by molar-refractivity contribution is -0.142. The minimum Gasteiger partial charge on any atom is -0.480 e. The van der Waals surface area contributed by atoms with Crippen molar-refractivity contribution in [3.63, 3.8) is 0 Å². The van der Waals surface area contributed by atoms with Crippen LogP contribution in [0.3, 0.4) is 0 Å². The fraction of sp³-hybridized carbons (Fsp3) is 0.593. The molecule has 218 valence electrons. The first-order valence-electron chi connectivity index (χ1n) is 13.3. The van der Waals surface area contributed by atoms with Crippen molar-refractivity contribution < 1.29 is 24.3 Å².